The average Bonchev–Trinajstić information content (AvgIpc) is 2.59. The van der Waals surface area contributed by atoms with E-state index in [1.165, 1.54) is 11.8 Å². The Labute approximate surface area is 151 Å². The van der Waals surface area contributed by atoms with Crippen molar-refractivity contribution in [2.45, 2.75) is 19.8 Å². The third-order valence-corrected chi connectivity index (χ3v) is 4.95. The van der Waals surface area contributed by atoms with Crippen LogP contribution in [0.15, 0.2) is 47.5 Å². The van der Waals surface area contributed by atoms with Crippen molar-refractivity contribution in [3.63, 3.8) is 0 Å². The van der Waals surface area contributed by atoms with E-state index in [2.05, 4.69) is 18.0 Å². The number of esters is 1. The lowest BCUT2D eigenvalue weighted by Gasteiger charge is -2.31. The third-order valence-electron chi connectivity index (χ3n) is 3.94. The van der Waals surface area contributed by atoms with Crippen LogP contribution in [0.3, 0.4) is 0 Å². The van der Waals surface area contributed by atoms with Crippen LogP contribution in [-0.2, 0) is 14.3 Å². The molecule has 1 N–H and O–H groups in total. The molecule has 0 saturated heterocycles. The second kappa shape index (κ2) is 8.54. The van der Waals surface area contributed by atoms with E-state index < -0.39 is 23.7 Å². The maximum atomic E-state index is 12.6. The molecule has 0 unspecified atom stereocenters. The van der Waals surface area contributed by atoms with Gasteiger partial charge in [-0.25, -0.2) is 0 Å². The van der Waals surface area contributed by atoms with E-state index in [0.29, 0.717) is 16.4 Å². The van der Waals surface area contributed by atoms with Crippen LogP contribution in [0.5, 0.6) is 0 Å². The number of carbonyl (C=O) groups excluding carboxylic acids is 2. The third kappa shape index (κ3) is 3.94. The van der Waals surface area contributed by atoms with Crippen molar-refractivity contribution < 1.29 is 14.3 Å². The van der Waals surface area contributed by atoms with Gasteiger partial charge in [-0.05, 0) is 25.0 Å². The number of aryl methyl sites for hydroxylation is 1. The van der Waals surface area contributed by atoms with Crippen LogP contribution < -0.4 is 5.32 Å². The molecule has 0 radical (unpaired) electrons. The predicted octanol–water partition coefficient (Wildman–Crippen LogP) is 3.04. The maximum Gasteiger partial charge on any atom is 0.319 e. The molecule has 0 fully saturated rings. The minimum absolute atomic E-state index is 0.173. The molecule has 1 heterocycles. The molecule has 1 aliphatic rings. The first-order valence-electron chi connectivity index (χ1n) is 7.96. The summed E-state index contributed by atoms with van der Waals surface area (Å²) >= 11 is 1.32. The van der Waals surface area contributed by atoms with Crippen molar-refractivity contribution in [1.82, 2.24) is 5.32 Å². The normalized spacial score (nSPS) is 19.8. The van der Waals surface area contributed by atoms with E-state index >= 15 is 0 Å². The number of nitriles is 1. The molecule has 0 saturated carbocycles. The Bertz CT molecular complexity index is 764. The fraction of sp³-hybridized carbons (Fsp3) is 0.316. The number of hydrogen-bond donors (Lipinski definition) is 1. The van der Waals surface area contributed by atoms with Crippen LogP contribution in [0.4, 0.5) is 0 Å². The van der Waals surface area contributed by atoms with Gasteiger partial charge in [-0.1, -0.05) is 30.3 Å². The Morgan fingerprint density at radius 3 is 2.80 bits per heavy atom. The lowest BCUT2D eigenvalue weighted by molar-refractivity contribution is -0.152. The molecule has 2 rings (SSSR count). The van der Waals surface area contributed by atoms with E-state index in [4.69, 9.17) is 4.74 Å². The maximum absolute atomic E-state index is 12.6. The summed E-state index contributed by atoms with van der Waals surface area (Å²) in [6, 6.07) is 9.65. The highest BCUT2D eigenvalue weighted by Crippen LogP contribution is 2.41. The number of ether oxygens (including phenoxy) is 1. The Morgan fingerprint density at radius 2 is 2.20 bits per heavy atom. The number of amides is 1. The number of nitrogens with zero attached hydrogens (tertiary/aromatic N) is 1. The van der Waals surface area contributed by atoms with Crippen molar-refractivity contribution in [3.05, 3.63) is 58.6 Å². The molecule has 130 valence electrons. The highest BCUT2D eigenvalue weighted by atomic mass is 32.2. The van der Waals surface area contributed by atoms with Crippen LogP contribution in [-0.4, -0.2) is 24.2 Å². The second-order valence-electron chi connectivity index (χ2n) is 5.51. The molecule has 1 aromatic rings. The summed E-state index contributed by atoms with van der Waals surface area (Å²) in [5, 5.41) is 12.9. The highest BCUT2D eigenvalue weighted by molar-refractivity contribution is 8.03. The fourth-order valence-electron chi connectivity index (χ4n) is 2.84. The van der Waals surface area contributed by atoms with Crippen LogP contribution >= 0.6 is 11.8 Å². The van der Waals surface area contributed by atoms with Crippen molar-refractivity contribution in [1.29, 1.82) is 5.26 Å². The van der Waals surface area contributed by atoms with Gasteiger partial charge in [-0.3, -0.25) is 9.59 Å². The first kappa shape index (κ1) is 18.8. The van der Waals surface area contributed by atoms with Crippen molar-refractivity contribution in [2.75, 3.05) is 12.4 Å². The summed E-state index contributed by atoms with van der Waals surface area (Å²) < 4.78 is 5.10. The number of thioether (sulfide) groups is 1. The van der Waals surface area contributed by atoms with Gasteiger partial charge in [0.2, 0.25) is 5.91 Å². The molecular weight excluding hydrogens is 336 g/mol. The topological polar surface area (TPSA) is 79.2 Å². The number of allylic oxidation sites excluding steroid dienone is 1. The highest BCUT2D eigenvalue weighted by Gasteiger charge is 2.44. The smallest absolute Gasteiger partial charge is 0.319 e. The monoisotopic (exact) mass is 356 g/mol. The Hall–Kier alpha value is -2.52. The van der Waals surface area contributed by atoms with E-state index in [1.807, 2.05) is 31.2 Å². The largest absolute Gasteiger partial charge is 0.465 e. The van der Waals surface area contributed by atoms with Crippen LogP contribution in [0.2, 0.25) is 0 Å². The Kier molecular flexibility index (Phi) is 6.43. The first-order valence-corrected chi connectivity index (χ1v) is 8.94. The van der Waals surface area contributed by atoms with Gasteiger partial charge >= 0.3 is 5.97 Å². The van der Waals surface area contributed by atoms with Crippen LogP contribution in [0, 0.1) is 24.2 Å². The molecule has 0 bridgehead atoms. The number of nitrogens with one attached hydrogen (secondary N) is 1. The van der Waals surface area contributed by atoms with Gasteiger partial charge in [0.15, 0.2) is 0 Å². The molecule has 1 amide bonds. The van der Waals surface area contributed by atoms with Gasteiger partial charge in [-0.15, -0.1) is 18.3 Å². The van der Waals surface area contributed by atoms with Gasteiger partial charge in [0.25, 0.3) is 0 Å². The number of benzene rings is 1. The molecule has 5 nitrogen and oxygen atoms in total. The van der Waals surface area contributed by atoms with Crippen molar-refractivity contribution >= 4 is 23.6 Å². The predicted molar refractivity (Wildman–Crippen MR) is 97.5 cm³/mol. The minimum atomic E-state index is -1.08. The molecule has 0 aliphatic carbocycles. The van der Waals surface area contributed by atoms with Crippen molar-refractivity contribution in [2.24, 2.45) is 5.92 Å². The van der Waals surface area contributed by atoms with E-state index in [0.717, 1.165) is 11.1 Å². The van der Waals surface area contributed by atoms with Gasteiger partial charge in [0, 0.05) is 11.7 Å². The SMILES string of the molecule is C=CCSC1=C(C#N)[C@H](c2ccccc2C)[C@H](C(=O)OCC)C(=O)N1. The zero-order valence-electron chi connectivity index (χ0n) is 14.2. The molecule has 0 spiro atoms. The molecular formula is C19H20N2O3S. The summed E-state index contributed by atoms with van der Waals surface area (Å²) in [6.07, 6.45) is 1.69. The molecule has 1 aromatic carbocycles. The summed E-state index contributed by atoms with van der Waals surface area (Å²) in [6.45, 7) is 7.42. The zero-order valence-corrected chi connectivity index (χ0v) is 15.1. The molecule has 25 heavy (non-hydrogen) atoms. The Balaban J connectivity index is 2.62. The zero-order chi connectivity index (χ0) is 18.4. The first-order chi connectivity index (χ1) is 12.0. The second-order valence-corrected chi connectivity index (χ2v) is 6.54. The average molecular weight is 356 g/mol. The van der Waals surface area contributed by atoms with Crippen LogP contribution in [0.1, 0.15) is 24.0 Å². The van der Waals surface area contributed by atoms with E-state index in [-0.39, 0.29) is 6.61 Å². The lowest BCUT2D eigenvalue weighted by Crippen LogP contribution is -2.44. The van der Waals surface area contributed by atoms with Crippen molar-refractivity contribution in [3.8, 4) is 6.07 Å². The molecule has 0 aromatic heterocycles. The van der Waals surface area contributed by atoms with Gasteiger partial charge < -0.3 is 10.1 Å². The van der Waals surface area contributed by atoms with E-state index in [9.17, 15) is 14.9 Å². The Morgan fingerprint density at radius 1 is 1.48 bits per heavy atom. The van der Waals surface area contributed by atoms with Gasteiger partial charge in [0.1, 0.15) is 5.92 Å². The summed E-state index contributed by atoms with van der Waals surface area (Å²) in [4.78, 5) is 25.1. The van der Waals surface area contributed by atoms with Gasteiger partial charge in [-0.2, -0.15) is 5.26 Å². The summed E-state index contributed by atoms with van der Waals surface area (Å²) in [7, 11) is 0. The fourth-order valence-corrected chi connectivity index (χ4v) is 3.62. The molecule has 2 atom stereocenters. The number of hydrogen-bond acceptors (Lipinski definition) is 5. The number of rotatable bonds is 6. The minimum Gasteiger partial charge on any atom is -0.465 e. The van der Waals surface area contributed by atoms with E-state index in [1.54, 1.807) is 13.0 Å². The number of carbonyl (C=O) groups is 2. The summed E-state index contributed by atoms with van der Waals surface area (Å²) in [5.74, 6) is -2.26. The quantitative estimate of drug-likeness (QED) is 0.481. The van der Waals surface area contributed by atoms with Gasteiger partial charge in [0.05, 0.1) is 23.3 Å². The lowest BCUT2D eigenvalue weighted by atomic mass is 9.77. The summed E-state index contributed by atoms with van der Waals surface area (Å²) in [5.41, 5.74) is 2.07. The molecule has 1 aliphatic heterocycles. The molecule has 6 heteroatoms. The standard InChI is InChI=1S/C19H20N2O3S/c1-4-10-25-18-14(11-20)15(13-9-7-6-8-12(13)3)16(17(22)21-18)19(23)24-5-2/h4,6-9,15-16H,1,5,10H2,2-3H3,(H,21,22)/t15-,16-/m0/s1. The van der Waals surface area contributed by atoms with Crippen LogP contribution in [0.25, 0.3) is 0 Å².